The van der Waals surface area contributed by atoms with Gasteiger partial charge in [0.2, 0.25) is 5.60 Å². The minimum atomic E-state index is -1.42. The van der Waals surface area contributed by atoms with E-state index in [1.54, 1.807) is 0 Å². The second-order valence-corrected chi connectivity index (χ2v) is 21.6. The molecule has 2 aliphatic heterocycles. The van der Waals surface area contributed by atoms with Gasteiger partial charge in [-0.15, -0.1) is 23.1 Å². The van der Waals surface area contributed by atoms with E-state index in [0.717, 1.165) is 56.3 Å². The van der Waals surface area contributed by atoms with E-state index in [4.69, 9.17) is 14.6 Å². The fourth-order valence-corrected chi connectivity index (χ4v) is 12.8. The van der Waals surface area contributed by atoms with Gasteiger partial charge in [0.1, 0.15) is 28.9 Å². The number of hydrogen-bond acceptors (Lipinski definition) is 10. The number of benzene rings is 8. The lowest BCUT2D eigenvalue weighted by molar-refractivity contribution is -0.154. The lowest BCUT2D eigenvalue weighted by Gasteiger charge is -2.49. The smallest absolute Gasteiger partial charge is 0.356 e. The summed E-state index contributed by atoms with van der Waals surface area (Å²) in [7, 11) is 0. The van der Waals surface area contributed by atoms with E-state index in [9.17, 15) is 14.4 Å². The molecule has 0 saturated carbocycles. The Morgan fingerprint density at radius 1 is 0.671 bits per heavy atom. The standard InChI is InChI=1S/C66H52IN5O5S2/c67-42-24-29-48-44-78-62-58(61(74)72(62)59(48)63(75)76-60(46-25-8-1-9-26-46)47-27-10-2-11-28-47)70-57(73)43-68-77-66(52-36-18-6-19-37-52,53-38-20-7-21-39-53)55-41-23-22-40-54(55)56-45-79-64(69-56)71-65(49-30-12-3-13-31-49,50-32-14-4-15-33-50)51-34-16-5-17-35-51/h1-41,43,45,58,60,62H,42,44H2,(H,69,71)(H,70,73)/b29-24+,68-43-. The third-order valence-corrected chi connectivity index (χ3v) is 16.6. The monoisotopic (exact) mass is 1190 g/mol. The summed E-state index contributed by atoms with van der Waals surface area (Å²) in [6.07, 6.45) is 4.16. The zero-order valence-corrected chi connectivity index (χ0v) is 46.3. The van der Waals surface area contributed by atoms with Gasteiger partial charge in [-0.25, -0.2) is 9.78 Å². The fourth-order valence-electron chi connectivity index (χ4n) is 10.4. The average Bonchev–Trinajstić information content (AvgIpc) is 4.03. The summed E-state index contributed by atoms with van der Waals surface area (Å²) in [6, 6.07) is 76.8. The van der Waals surface area contributed by atoms with Gasteiger partial charge in [-0.2, -0.15) is 0 Å². The van der Waals surface area contributed by atoms with Gasteiger partial charge < -0.3 is 20.2 Å². The highest BCUT2D eigenvalue weighted by atomic mass is 127. The number of hydrogen-bond donors (Lipinski definition) is 2. The summed E-state index contributed by atoms with van der Waals surface area (Å²) < 4.78 is 7.03. The number of esters is 1. The molecule has 2 amide bonds. The zero-order chi connectivity index (χ0) is 54.0. The average molecular weight is 1190 g/mol. The van der Waals surface area contributed by atoms with E-state index in [0.29, 0.717) is 26.6 Å². The van der Waals surface area contributed by atoms with Crippen LogP contribution < -0.4 is 10.6 Å². The Kier molecular flexibility index (Phi) is 16.1. The van der Waals surface area contributed by atoms with Crippen LogP contribution in [0.2, 0.25) is 0 Å². The summed E-state index contributed by atoms with van der Waals surface area (Å²) in [5.74, 6) is -1.30. The molecule has 2 aliphatic rings. The lowest BCUT2D eigenvalue weighted by atomic mass is 9.77. The van der Waals surface area contributed by atoms with Gasteiger partial charge in [-0.1, -0.05) is 276 Å². The number of fused-ring (bicyclic) bond motifs is 1. The molecule has 0 bridgehead atoms. The molecule has 2 atom stereocenters. The first-order valence-electron chi connectivity index (χ1n) is 25.7. The Hall–Kier alpha value is -8.37. The van der Waals surface area contributed by atoms with Crippen molar-refractivity contribution < 1.29 is 24.0 Å². The number of ether oxygens (including phenoxy) is 1. The summed E-state index contributed by atoms with van der Waals surface area (Å²) in [6.45, 7) is 0. The van der Waals surface area contributed by atoms with Crippen LogP contribution in [0.15, 0.2) is 271 Å². The maximum atomic E-state index is 14.5. The van der Waals surface area contributed by atoms with Crippen LogP contribution in [-0.2, 0) is 35.1 Å². The second-order valence-electron chi connectivity index (χ2n) is 18.7. The predicted molar refractivity (Wildman–Crippen MR) is 324 cm³/mol. The Bertz CT molecular complexity index is 3470. The van der Waals surface area contributed by atoms with Crippen LogP contribution in [0.3, 0.4) is 0 Å². The quantitative estimate of drug-likeness (QED) is 0.0156. The number of thioether (sulfide) groups is 1. The van der Waals surface area contributed by atoms with Crippen molar-refractivity contribution in [2.45, 2.75) is 28.7 Å². The SMILES string of the molecule is O=C(/C=N\OC(c1ccccc1)(c1ccccc1)c1ccccc1-c1csc(NC(c2ccccc2)(c2ccccc2)c2ccccc2)n1)NC1C(=O)N2C(C(=O)OC(c3ccccc3)c3ccccc3)=C(/C=C/CI)CSC12. The predicted octanol–water partition coefficient (Wildman–Crippen LogP) is 13.5. The van der Waals surface area contributed by atoms with E-state index in [1.807, 2.05) is 181 Å². The third kappa shape index (κ3) is 10.7. The number of oxime groups is 1. The molecule has 0 aliphatic carbocycles. The number of allylic oxidation sites excluding steroid dienone is 2. The van der Waals surface area contributed by atoms with E-state index in [1.165, 1.54) is 28.0 Å². The van der Waals surface area contributed by atoms with Crippen LogP contribution in [0, 0.1) is 0 Å². The number of nitrogens with one attached hydrogen (secondary N) is 2. The van der Waals surface area contributed by atoms with Crippen LogP contribution in [-0.4, -0.2) is 55.5 Å². The van der Waals surface area contributed by atoms with Gasteiger partial charge in [-0.3, -0.25) is 14.5 Å². The summed E-state index contributed by atoms with van der Waals surface area (Å²) in [5.41, 5.74) is 7.05. The number of nitrogens with zero attached hydrogens (tertiary/aromatic N) is 3. The normalized spacial score (nSPS) is 15.4. The first kappa shape index (κ1) is 52.7. The van der Waals surface area contributed by atoms with Crippen LogP contribution in [0.1, 0.15) is 50.6 Å². The molecule has 1 saturated heterocycles. The number of halogens is 1. The Morgan fingerprint density at radius 2 is 1.15 bits per heavy atom. The van der Waals surface area contributed by atoms with Gasteiger partial charge >= 0.3 is 5.97 Å². The topological polar surface area (TPSA) is 122 Å². The molecular formula is C66H52IN5O5S2. The highest BCUT2D eigenvalue weighted by molar-refractivity contribution is 14.1. The lowest BCUT2D eigenvalue weighted by Crippen LogP contribution is -2.70. The fraction of sp³-hybridized carbons (Fsp3) is 0.106. The maximum absolute atomic E-state index is 14.5. The molecule has 2 N–H and O–H groups in total. The van der Waals surface area contributed by atoms with Crippen molar-refractivity contribution in [1.82, 2.24) is 15.2 Å². The van der Waals surface area contributed by atoms with Gasteiger partial charge in [0, 0.05) is 37.8 Å². The number of thiazole rings is 1. The van der Waals surface area contributed by atoms with Crippen LogP contribution in [0.4, 0.5) is 5.13 Å². The number of rotatable bonds is 19. The van der Waals surface area contributed by atoms with Crippen LogP contribution in [0.5, 0.6) is 0 Å². The summed E-state index contributed by atoms with van der Waals surface area (Å²) >= 11 is 5.21. The number of anilines is 1. The molecular weight excluding hydrogens is 1130 g/mol. The minimum Gasteiger partial charge on any atom is -0.448 e. The second kappa shape index (κ2) is 24.1. The highest BCUT2D eigenvalue weighted by Crippen LogP contribution is 2.47. The molecule has 8 aromatic carbocycles. The number of carbonyl (C=O) groups excluding carboxylic acids is 3. The van der Waals surface area contributed by atoms with E-state index >= 15 is 0 Å². The molecule has 9 aromatic rings. The highest BCUT2D eigenvalue weighted by Gasteiger charge is 2.54. The first-order valence-corrected chi connectivity index (χ1v) is 29.2. The van der Waals surface area contributed by atoms with E-state index in [-0.39, 0.29) is 5.70 Å². The van der Waals surface area contributed by atoms with Crippen LogP contribution in [0.25, 0.3) is 11.3 Å². The van der Waals surface area contributed by atoms with Crippen molar-refractivity contribution in [2.75, 3.05) is 15.5 Å². The molecule has 390 valence electrons. The number of alkyl halides is 1. The van der Waals surface area contributed by atoms with Crippen molar-refractivity contribution in [2.24, 2.45) is 5.16 Å². The van der Waals surface area contributed by atoms with Crippen molar-refractivity contribution in [3.8, 4) is 11.3 Å². The van der Waals surface area contributed by atoms with Gasteiger partial charge in [0.15, 0.2) is 11.2 Å². The molecule has 1 fully saturated rings. The number of aromatic nitrogens is 1. The van der Waals surface area contributed by atoms with E-state index in [2.05, 4.69) is 111 Å². The molecule has 11 rings (SSSR count). The molecule has 1 aromatic heterocycles. The Balaban J connectivity index is 0.897. The van der Waals surface area contributed by atoms with Gasteiger partial charge in [0.05, 0.1) is 5.69 Å². The largest absolute Gasteiger partial charge is 0.448 e. The Morgan fingerprint density at radius 3 is 1.67 bits per heavy atom. The summed E-state index contributed by atoms with van der Waals surface area (Å²) in [4.78, 5) is 56.5. The van der Waals surface area contributed by atoms with Gasteiger partial charge in [-0.05, 0) is 33.4 Å². The molecule has 79 heavy (non-hydrogen) atoms. The first-order chi connectivity index (χ1) is 38.9. The number of amides is 2. The van der Waals surface area contributed by atoms with Crippen molar-refractivity contribution in [3.05, 3.63) is 310 Å². The number of carbonyl (C=O) groups is 3. The molecule has 3 heterocycles. The van der Waals surface area contributed by atoms with Gasteiger partial charge in [0.25, 0.3) is 11.8 Å². The van der Waals surface area contributed by atoms with E-state index < -0.39 is 46.4 Å². The van der Waals surface area contributed by atoms with Crippen LogP contribution >= 0.6 is 45.7 Å². The molecule has 2 unspecified atom stereocenters. The molecule has 0 spiro atoms. The minimum absolute atomic E-state index is 0.161. The zero-order valence-electron chi connectivity index (χ0n) is 42.5. The Labute approximate surface area is 481 Å². The van der Waals surface area contributed by atoms with Crippen molar-refractivity contribution in [3.63, 3.8) is 0 Å². The number of β-lactam (4-membered cyclic amide) rings is 1. The maximum Gasteiger partial charge on any atom is 0.356 e. The molecule has 0 radical (unpaired) electrons. The third-order valence-electron chi connectivity index (χ3n) is 14.0. The molecule has 10 nitrogen and oxygen atoms in total. The molecule has 13 heteroatoms. The van der Waals surface area contributed by atoms with Crippen molar-refractivity contribution in [1.29, 1.82) is 0 Å². The van der Waals surface area contributed by atoms with Crippen molar-refractivity contribution >= 4 is 74.8 Å². The summed E-state index contributed by atoms with van der Waals surface area (Å²) in [5, 5.41) is 13.5.